The van der Waals surface area contributed by atoms with Crippen LogP contribution in [0.1, 0.15) is 25.7 Å². The number of hydrogen-bond donors (Lipinski definition) is 1. The van der Waals surface area contributed by atoms with Gasteiger partial charge in [-0.05, 0) is 24.8 Å². The molecule has 0 aromatic carbocycles. The second kappa shape index (κ2) is 7.09. The molecule has 1 aliphatic heterocycles. The normalized spacial score (nSPS) is 19.6. The van der Waals surface area contributed by atoms with Crippen LogP contribution in [0.4, 0.5) is 0 Å². The first-order valence-corrected chi connectivity index (χ1v) is 5.22. The molecule has 1 heterocycles. The zero-order chi connectivity index (χ0) is 10.9. The Labute approximate surface area is 88.6 Å². The molecular formula is C9H16N4O2. The molecule has 0 aliphatic carbocycles. The van der Waals surface area contributed by atoms with Crippen molar-refractivity contribution in [1.82, 2.24) is 5.32 Å². The number of azide groups is 1. The summed E-state index contributed by atoms with van der Waals surface area (Å²) in [4.78, 5) is 13.9. The summed E-state index contributed by atoms with van der Waals surface area (Å²) in [6.45, 7) is 1.54. The van der Waals surface area contributed by atoms with Crippen molar-refractivity contribution in [1.29, 1.82) is 0 Å². The van der Waals surface area contributed by atoms with Crippen molar-refractivity contribution in [3.63, 3.8) is 0 Å². The molecule has 0 spiro atoms. The van der Waals surface area contributed by atoms with Gasteiger partial charge in [0.15, 0.2) is 0 Å². The van der Waals surface area contributed by atoms with Crippen LogP contribution in [0.5, 0.6) is 0 Å². The molecule has 0 bridgehead atoms. The standard InChI is InChI=1S/C9H16N4O2/c10-13-12-6-5-11-9(14)4-3-8-2-1-7-15-8/h8H,1-7H2,(H,11,14). The summed E-state index contributed by atoms with van der Waals surface area (Å²) in [5.41, 5.74) is 8.01. The number of ether oxygens (including phenoxy) is 1. The molecule has 0 aromatic rings. The van der Waals surface area contributed by atoms with E-state index in [9.17, 15) is 4.79 Å². The molecule has 1 rings (SSSR count). The number of rotatable bonds is 6. The minimum atomic E-state index is -0.00126. The Morgan fingerprint density at radius 1 is 1.67 bits per heavy atom. The van der Waals surface area contributed by atoms with Gasteiger partial charge in [0.25, 0.3) is 0 Å². The van der Waals surface area contributed by atoms with Gasteiger partial charge >= 0.3 is 0 Å². The van der Waals surface area contributed by atoms with Crippen LogP contribution in [0.2, 0.25) is 0 Å². The van der Waals surface area contributed by atoms with E-state index in [1.165, 1.54) is 0 Å². The summed E-state index contributed by atoms with van der Waals surface area (Å²) in [5.74, 6) is -0.00126. The molecule has 84 valence electrons. The summed E-state index contributed by atoms with van der Waals surface area (Å²) in [6, 6.07) is 0. The zero-order valence-corrected chi connectivity index (χ0v) is 8.69. The largest absolute Gasteiger partial charge is 0.378 e. The number of amides is 1. The highest BCUT2D eigenvalue weighted by Crippen LogP contribution is 2.16. The summed E-state index contributed by atoms with van der Waals surface area (Å²) in [6.07, 6.45) is 3.69. The second-order valence-corrected chi connectivity index (χ2v) is 3.48. The molecule has 1 unspecified atom stereocenters. The van der Waals surface area contributed by atoms with Crippen molar-refractivity contribution >= 4 is 5.91 Å². The number of nitrogens with one attached hydrogen (secondary N) is 1. The Hall–Kier alpha value is -1.26. The van der Waals surface area contributed by atoms with Crippen LogP contribution >= 0.6 is 0 Å². The lowest BCUT2D eigenvalue weighted by Crippen LogP contribution is -2.26. The molecule has 1 fully saturated rings. The van der Waals surface area contributed by atoms with E-state index < -0.39 is 0 Å². The van der Waals surface area contributed by atoms with Crippen LogP contribution in [0.3, 0.4) is 0 Å². The lowest BCUT2D eigenvalue weighted by Gasteiger charge is -2.08. The van der Waals surface area contributed by atoms with Gasteiger partial charge in [0.2, 0.25) is 5.91 Å². The third kappa shape index (κ3) is 5.24. The molecule has 6 heteroatoms. The third-order valence-electron chi connectivity index (χ3n) is 2.31. The number of nitrogens with zero attached hydrogens (tertiary/aromatic N) is 3. The van der Waals surface area contributed by atoms with Crippen molar-refractivity contribution in [2.24, 2.45) is 5.11 Å². The molecular weight excluding hydrogens is 196 g/mol. The summed E-state index contributed by atoms with van der Waals surface area (Å²) in [7, 11) is 0. The average molecular weight is 212 g/mol. The van der Waals surface area contributed by atoms with E-state index in [-0.39, 0.29) is 12.0 Å². The predicted octanol–water partition coefficient (Wildman–Crippen LogP) is 1.37. The number of hydrogen-bond acceptors (Lipinski definition) is 3. The van der Waals surface area contributed by atoms with E-state index in [0.29, 0.717) is 19.5 Å². The first-order chi connectivity index (χ1) is 7.33. The molecule has 1 atom stereocenters. The van der Waals surface area contributed by atoms with Gasteiger partial charge in [0.05, 0.1) is 6.10 Å². The van der Waals surface area contributed by atoms with Crippen molar-refractivity contribution in [3.05, 3.63) is 10.4 Å². The quantitative estimate of drug-likeness (QED) is 0.312. The maximum absolute atomic E-state index is 11.3. The summed E-state index contributed by atoms with van der Waals surface area (Å²) < 4.78 is 5.40. The van der Waals surface area contributed by atoms with Gasteiger partial charge in [-0.15, -0.1) is 0 Å². The zero-order valence-electron chi connectivity index (χ0n) is 8.69. The fraction of sp³-hybridized carbons (Fsp3) is 0.889. The summed E-state index contributed by atoms with van der Waals surface area (Å²) >= 11 is 0. The van der Waals surface area contributed by atoms with Crippen molar-refractivity contribution in [2.75, 3.05) is 19.7 Å². The molecule has 1 saturated heterocycles. The van der Waals surface area contributed by atoms with E-state index in [2.05, 4.69) is 15.3 Å². The molecule has 15 heavy (non-hydrogen) atoms. The highest BCUT2D eigenvalue weighted by Gasteiger charge is 2.16. The Morgan fingerprint density at radius 2 is 2.53 bits per heavy atom. The minimum absolute atomic E-state index is 0.00126. The van der Waals surface area contributed by atoms with Gasteiger partial charge in [0.1, 0.15) is 0 Å². The van der Waals surface area contributed by atoms with E-state index in [1.807, 2.05) is 0 Å². The second-order valence-electron chi connectivity index (χ2n) is 3.48. The van der Waals surface area contributed by atoms with Crippen molar-refractivity contribution in [2.45, 2.75) is 31.8 Å². The third-order valence-corrected chi connectivity index (χ3v) is 2.31. The fourth-order valence-electron chi connectivity index (χ4n) is 1.54. The molecule has 0 aromatic heterocycles. The smallest absolute Gasteiger partial charge is 0.220 e. The number of carbonyl (C=O) groups excluding carboxylic acids is 1. The molecule has 0 saturated carbocycles. The van der Waals surface area contributed by atoms with Crippen LogP contribution < -0.4 is 5.32 Å². The van der Waals surface area contributed by atoms with Crippen molar-refractivity contribution < 1.29 is 9.53 Å². The van der Waals surface area contributed by atoms with Crippen molar-refractivity contribution in [3.8, 4) is 0 Å². The van der Waals surface area contributed by atoms with Gasteiger partial charge in [0, 0.05) is 31.0 Å². The van der Waals surface area contributed by atoms with E-state index in [4.69, 9.17) is 10.3 Å². The van der Waals surface area contributed by atoms with E-state index in [0.717, 1.165) is 25.9 Å². The molecule has 1 aliphatic rings. The lowest BCUT2D eigenvalue weighted by molar-refractivity contribution is -0.121. The maximum Gasteiger partial charge on any atom is 0.220 e. The predicted molar refractivity (Wildman–Crippen MR) is 55.2 cm³/mol. The van der Waals surface area contributed by atoms with Gasteiger partial charge in [-0.25, -0.2) is 0 Å². The highest BCUT2D eigenvalue weighted by molar-refractivity contribution is 5.75. The fourth-order valence-corrected chi connectivity index (χ4v) is 1.54. The molecule has 1 amide bonds. The van der Waals surface area contributed by atoms with Crippen LogP contribution in [-0.2, 0) is 9.53 Å². The average Bonchev–Trinajstić information content (AvgIpc) is 2.74. The van der Waals surface area contributed by atoms with Gasteiger partial charge in [-0.1, -0.05) is 5.11 Å². The van der Waals surface area contributed by atoms with Gasteiger partial charge < -0.3 is 10.1 Å². The van der Waals surface area contributed by atoms with Crippen LogP contribution in [-0.4, -0.2) is 31.7 Å². The maximum atomic E-state index is 11.3. The van der Waals surface area contributed by atoms with Crippen LogP contribution in [0.25, 0.3) is 10.4 Å². The first-order valence-electron chi connectivity index (χ1n) is 5.22. The Morgan fingerprint density at radius 3 is 3.20 bits per heavy atom. The highest BCUT2D eigenvalue weighted by atomic mass is 16.5. The Bertz CT molecular complexity index is 244. The molecule has 6 nitrogen and oxygen atoms in total. The van der Waals surface area contributed by atoms with E-state index >= 15 is 0 Å². The van der Waals surface area contributed by atoms with E-state index in [1.54, 1.807) is 0 Å². The Kier molecular flexibility index (Phi) is 5.58. The molecule has 0 radical (unpaired) electrons. The molecule has 1 N–H and O–H groups in total. The SMILES string of the molecule is [N-]=[N+]=NCCNC(=O)CCC1CCCO1. The first kappa shape index (κ1) is 11.8. The van der Waals surface area contributed by atoms with Crippen LogP contribution in [0, 0.1) is 0 Å². The lowest BCUT2D eigenvalue weighted by atomic mass is 10.1. The minimum Gasteiger partial charge on any atom is -0.378 e. The number of carbonyl (C=O) groups is 1. The monoisotopic (exact) mass is 212 g/mol. The van der Waals surface area contributed by atoms with Crippen LogP contribution in [0.15, 0.2) is 5.11 Å². The Balaban J connectivity index is 2.00. The van der Waals surface area contributed by atoms with Gasteiger partial charge in [-0.2, -0.15) is 0 Å². The topological polar surface area (TPSA) is 87.1 Å². The van der Waals surface area contributed by atoms with Gasteiger partial charge in [-0.3, -0.25) is 4.79 Å². The summed E-state index contributed by atoms with van der Waals surface area (Å²) in [5, 5.41) is 6.00.